The van der Waals surface area contributed by atoms with Gasteiger partial charge in [0.25, 0.3) is 0 Å². The number of hydrogen-bond acceptors (Lipinski definition) is 3. The largest absolute Gasteiger partial charge is 0.316 e. The normalized spacial score (nSPS) is 24.8. The summed E-state index contributed by atoms with van der Waals surface area (Å²) < 4.78 is 0.698. The molecule has 0 amide bonds. The van der Waals surface area contributed by atoms with Crippen LogP contribution in [0.5, 0.6) is 0 Å². The molecule has 2 nitrogen and oxygen atoms in total. The first kappa shape index (κ1) is 13.1. The Balaban J connectivity index is 2.23. The molecule has 1 aliphatic heterocycles. The second-order valence-electron chi connectivity index (χ2n) is 4.74. The van der Waals surface area contributed by atoms with Crippen LogP contribution in [-0.2, 0) is 0 Å². The summed E-state index contributed by atoms with van der Waals surface area (Å²) in [6.07, 6.45) is 4.11. The van der Waals surface area contributed by atoms with E-state index in [0.29, 0.717) is 4.34 Å². The van der Waals surface area contributed by atoms with Crippen molar-refractivity contribution in [1.29, 1.82) is 0 Å². The van der Waals surface area contributed by atoms with Gasteiger partial charge in [-0.05, 0) is 37.9 Å². The summed E-state index contributed by atoms with van der Waals surface area (Å²) in [6, 6.07) is 3.68. The summed E-state index contributed by atoms with van der Waals surface area (Å²) in [5, 5.41) is 3.37. The van der Waals surface area contributed by atoms with Gasteiger partial charge in [0.2, 0.25) is 0 Å². The fourth-order valence-corrected chi connectivity index (χ4v) is 3.77. The average molecular weight is 272 g/mol. The first-order chi connectivity index (χ1) is 8.18. The van der Waals surface area contributed by atoms with Crippen LogP contribution in [-0.4, -0.2) is 18.9 Å². The third-order valence-corrected chi connectivity index (χ3v) is 4.71. The number of rotatable bonds is 4. The molecule has 1 saturated heterocycles. The monoisotopic (exact) mass is 271 g/mol. The van der Waals surface area contributed by atoms with Gasteiger partial charge in [-0.15, -0.1) is 11.3 Å². The molecule has 0 saturated carbocycles. The van der Waals surface area contributed by atoms with E-state index < -0.39 is 0 Å². The molecule has 1 fully saturated rings. The molecule has 1 atom stereocenters. The summed E-state index contributed by atoms with van der Waals surface area (Å²) in [5.41, 5.74) is -0.193. The Kier molecular flexibility index (Phi) is 4.23. The van der Waals surface area contributed by atoms with E-state index in [0.717, 1.165) is 43.6 Å². The molecule has 17 heavy (non-hydrogen) atoms. The van der Waals surface area contributed by atoms with E-state index >= 15 is 0 Å². The lowest BCUT2D eigenvalue weighted by Crippen LogP contribution is -2.45. The molecule has 0 aromatic carbocycles. The Morgan fingerprint density at radius 3 is 2.94 bits per heavy atom. The maximum Gasteiger partial charge on any atom is 0.180 e. The number of thiophene rings is 1. The van der Waals surface area contributed by atoms with Gasteiger partial charge >= 0.3 is 0 Å². The third-order valence-electron chi connectivity index (χ3n) is 3.48. The standard InChI is InChI=1S/C13H18ClNOS/c1-2-6-13(7-3-8-15-9-13)12(16)10-4-5-11(14)17-10/h4-5,15H,2-3,6-9H2,1H3. The van der Waals surface area contributed by atoms with Crippen LogP contribution >= 0.6 is 22.9 Å². The Morgan fingerprint density at radius 2 is 2.41 bits per heavy atom. The molecule has 94 valence electrons. The molecule has 2 rings (SSSR count). The van der Waals surface area contributed by atoms with Crippen molar-refractivity contribution in [2.75, 3.05) is 13.1 Å². The van der Waals surface area contributed by atoms with E-state index in [4.69, 9.17) is 11.6 Å². The Bertz CT molecular complexity index is 390. The minimum absolute atomic E-state index is 0.193. The predicted octanol–water partition coefficient (Wildman–Crippen LogP) is 3.75. The molecule has 1 N–H and O–H groups in total. The van der Waals surface area contributed by atoms with Crippen molar-refractivity contribution in [3.05, 3.63) is 21.3 Å². The quantitative estimate of drug-likeness (QED) is 0.845. The molecule has 0 spiro atoms. The Hall–Kier alpha value is -0.380. The highest BCUT2D eigenvalue weighted by Gasteiger charge is 2.39. The first-order valence-electron chi connectivity index (χ1n) is 6.19. The van der Waals surface area contributed by atoms with Crippen molar-refractivity contribution in [3.8, 4) is 0 Å². The molecule has 0 aliphatic carbocycles. The minimum atomic E-state index is -0.193. The van der Waals surface area contributed by atoms with Gasteiger partial charge in [0.05, 0.1) is 9.21 Å². The van der Waals surface area contributed by atoms with Crippen molar-refractivity contribution in [3.63, 3.8) is 0 Å². The van der Waals surface area contributed by atoms with E-state index in [9.17, 15) is 4.79 Å². The number of carbonyl (C=O) groups excluding carboxylic acids is 1. The van der Waals surface area contributed by atoms with Crippen molar-refractivity contribution >= 4 is 28.7 Å². The zero-order valence-electron chi connectivity index (χ0n) is 10.1. The van der Waals surface area contributed by atoms with Crippen molar-refractivity contribution in [2.45, 2.75) is 32.6 Å². The van der Waals surface area contributed by atoms with Crippen molar-refractivity contribution in [2.24, 2.45) is 5.41 Å². The van der Waals surface area contributed by atoms with Gasteiger partial charge in [0.1, 0.15) is 0 Å². The van der Waals surface area contributed by atoms with Crippen molar-refractivity contribution in [1.82, 2.24) is 5.32 Å². The summed E-state index contributed by atoms with van der Waals surface area (Å²) in [6.45, 7) is 3.99. The number of carbonyl (C=O) groups is 1. The summed E-state index contributed by atoms with van der Waals surface area (Å²) in [7, 11) is 0. The number of Topliss-reactive ketones (excluding diaryl/α,β-unsaturated/α-hetero) is 1. The minimum Gasteiger partial charge on any atom is -0.316 e. The van der Waals surface area contributed by atoms with Gasteiger partial charge in [-0.1, -0.05) is 24.9 Å². The van der Waals surface area contributed by atoms with Gasteiger partial charge in [-0.2, -0.15) is 0 Å². The molecule has 2 heterocycles. The van der Waals surface area contributed by atoms with E-state index in [1.54, 1.807) is 0 Å². The number of hydrogen-bond donors (Lipinski definition) is 1. The molecule has 4 heteroatoms. The average Bonchev–Trinajstić information content (AvgIpc) is 2.76. The van der Waals surface area contributed by atoms with Crippen LogP contribution in [0.1, 0.15) is 42.3 Å². The Labute approximate surface area is 111 Å². The van der Waals surface area contributed by atoms with Crippen LogP contribution in [0.2, 0.25) is 4.34 Å². The zero-order valence-corrected chi connectivity index (χ0v) is 11.7. The molecule has 1 aliphatic rings. The molecule has 0 bridgehead atoms. The smallest absolute Gasteiger partial charge is 0.180 e. The number of halogens is 1. The SMILES string of the molecule is CCCC1(C(=O)c2ccc(Cl)s2)CCCNC1. The maximum atomic E-state index is 12.6. The highest BCUT2D eigenvalue weighted by atomic mass is 35.5. The van der Waals surface area contributed by atoms with Gasteiger partial charge < -0.3 is 5.32 Å². The van der Waals surface area contributed by atoms with E-state index in [-0.39, 0.29) is 11.2 Å². The van der Waals surface area contributed by atoms with Gasteiger partial charge in [0.15, 0.2) is 5.78 Å². The molecule has 1 aromatic rings. The van der Waals surface area contributed by atoms with Crippen LogP contribution in [0.4, 0.5) is 0 Å². The van der Waals surface area contributed by atoms with Crippen LogP contribution in [0.25, 0.3) is 0 Å². The highest BCUT2D eigenvalue weighted by Crippen LogP contribution is 2.37. The zero-order chi connectivity index (χ0) is 12.3. The van der Waals surface area contributed by atoms with Crippen LogP contribution in [0.15, 0.2) is 12.1 Å². The molecule has 1 unspecified atom stereocenters. The molecule has 1 aromatic heterocycles. The highest BCUT2D eigenvalue weighted by molar-refractivity contribution is 7.18. The fourth-order valence-electron chi connectivity index (χ4n) is 2.66. The first-order valence-corrected chi connectivity index (χ1v) is 7.38. The summed E-state index contributed by atoms with van der Waals surface area (Å²) >= 11 is 7.32. The predicted molar refractivity (Wildman–Crippen MR) is 73.1 cm³/mol. The number of piperidine rings is 1. The molecular formula is C13H18ClNOS. The second kappa shape index (κ2) is 5.51. The van der Waals surface area contributed by atoms with E-state index in [1.807, 2.05) is 12.1 Å². The van der Waals surface area contributed by atoms with Crippen molar-refractivity contribution < 1.29 is 4.79 Å². The molecule has 0 radical (unpaired) electrons. The lowest BCUT2D eigenvalue weighted by molar-refractivity contribution is 0.0723. The van der Waals surface area contributed by atoms with Gasteiger partial charge in [-0.3, -0.25) is 4.79 Å². The van der Waals surface area contributed by atoms with E-state index in [2.05, 4.69) is 12.2 Å². The topological polar surface area (TPSA) is 29.1 Å². The Morgan fingerprint density at radius 1 is 1.59 bits per heavy atom. The van der Waals surface area contributed by atoms with Crippen LogP contribution < -0.4 is 5.32 Å². The maximum absolute atomic E-state index is 12.6. The summed E-state index contributed by atoms with van der Waals surface area (Å²) in [4.78, 5) is 13.4. The van der Waals surface area contributed by atoms with Crippen LogP contribution in [0.3, 0.4) is 0 Å². The van der Waals surface area contributed by atoms with Gasteiger partial charge in [-0.25, -0.2) is 0 Å². The van der Waals surface area contributed by atoms with Gasteiger partial charge in [0, 0.05) is 12.0 Å². The lowest BCUT2D eigenvalue weighted by atomic mass is 9.73. The third kappa shape index (κ3) is 2.72. The lowest BCUT2D eigenvalue weighted by Gasteiger charge is -2.35. The second-order valence-corrected chi connectivity index (χ2v) is 6.46. The number of nitrogens with one attached hydrogen (secondary N) is 1. The number of ketones is 1. The molecular weight excluding hydrogens is 254 g/mol. The van der Waals surface area contributed by atoms with E-state index in [1.165, 1.54) is 11.3 Å². The summed E-state index contributed by atoms with van der Waals surface area (Å²) in [5.74, 6) is 0.281. The van der Waals surface area contributed by atoms with Crippen LogP contribution in [0, 0.1) is 5.41 Å². The fraction of sp³-hybridized carbons (Fsp3) is 0.615.